The van der Waals surface area contributed by atoms with Crippen LogP contribution in [0.25, 0.3) is 5.57 Å². The number of nitrogens with zero attached hydrogens (tertiary/aromatic N) is 2. The van der Waals surface area contributed by atoms with E-state index in [4.69, 9.17) is 21.1 Å². The normalized spacial score (nSPS) is 18.1. The van der Waals surface area contributed by atoms with Crippen LogP contribution < -0.4 is 4.74 Å². The number of benzene rings is 1. The number of hydrogen-bond acceptors (Lipinski definition) is 5. The van der Waals surface area contributed by atoms with Crippen molar-refractivity contribution < 1.29 is 23.9 Å². The van der Waals surface area contributed by atoms with Crippen molar-refractivity contribution in [3.8, 4) is 5.75 Å². The van der Waals surface area contributed by atoms with Gasteiger partial charge in [-0.3, -0.25) is 14.5 Å². The number of rotatable bonds is 5. The first-order valence-corrected chi connectivity index (χ1v) is 10.2. The summed E-state index contributed by atoms with van der Waals surface area (Å²) < 4.78 is 10.6. The number of amides is 3. The maximum absolute atomic E-state index is 13.0. The number of carbonyl (C=O) groups excluding carboxylic acids is 3. The van der Waals surface area contributed by atoms with E-state index >= 15 is 0 Å². The molecule has 8 heteroatoms. The first-order valence-electron chi connectivity index (χ1n) is 9.80. The molecule has 3 amide bonds. The van der Waals surface area contributed by atoms with Crippen molar-refractivity contribution in [3.05, 3.63) is 34.9 Å². The molecular weight excluding hydrogens is 396 g/mol. The van der Waals surface area contributed by atoms with Crippen molar-refractivity contribution in [1.82, 2.24) is 9.80 Å². The van der Waals surface area contributed by atoms with Crippen LogP contribution in [0.15, 0.2) is 29.3 Å². The second kappa shape index (κ2) is 8.86. The molecular formula is C21H25ClN2O5. The molecule has 7 nitrogen and oxygen atoms in total. The Morgan fingerprint density at radius 2 is 1.76 bits per heavy atom. The number of imide groups is 1. The zero-order valence-corrected chi connectivity index (χ0v) is 17.6. The SMILES string of the molecule is CCOC(=O)N1CCC(N2C(=O)C(Cl)=C(c3ccc(OC(C)C)cc3)C2=O)CC1. The molecule has 2 heterocycles. The van der Waals surface area contributed by atoms with Gasteiger partial charge in [0.1, 0.15) is 10.8 Å². The van der Waals surface area contributed by atoms with E-state index in [1.165, 1.54) is 4.90 Å². The number of piperidine rings is 1. The van der Waals surface area contributed by atoms with Gasteiger partial charge in [-0.05, 0) is 51.3 Å². The van der Waals surface area contributed by atoms with Gasteiger partial charge in [0.05, 0.1) is 18.3 Å². The molecule has 1 fully saturated rings. The third-order valence-electron chi connectivity index (χ3n) is 4.93. The van der Waals surface area contributed by atoms with Gasteiger partial charge >= 0.3 is 6.09 Å². The molecule has 1 aromatic carbocycles. The van der Waals surface area contributed by atoms with E-state index in [0.717, 1.165) is 0 Å². The maximum atomic E-state index is 13.0. The quantitative estimate of drug-likeness (QED) is 0.682. The lowest BCUT2D eigenvalue weighted by molar-refractivity contribution is -0.140. The van der Waals surface area contributed by atoms with E-state index in [-0.39, 0.29) is 28.8 Å². The van der Waals surface area contributed by atoms with Crippen LogP contribution in [0.3, 0.4) is 0 Å². The predicted molar refractivity (Wildman–Crippen MR) is 108 cm³/mol. The molecule has 29 heavy (non-hydrogen) atoms. The van der Waals surface area contributed by atoms with Gasteiger partial charge in [0.25, 0.3) is 11.8 Å². The molecule has 0 N–H and O–H groups in total. The highest BCUT2D eigenvalue weighted by atomic mass is 35.5. The molecule has 2 aliphatic heterocycles. The van der Waals surface area contributed by atoms with E-state index in [1.807, 2.05) is 13.8 Å². The zero-order chi connectivity index (χ0) is 21.1. The van der Waals surface area contributed by atoms with Crippen molar-refractivity contribution in [2.24, 2.45) is 0 Å². The molecule has 1 aromatic rings. The van der Waals surface area contributed by atoms with Gasteiger partial charge in [-0.1, -0.05) is 23.7 Å². The lowest BCUT2D eigenvalue weighted by Crippen LogP contribution is -2.49. The number of hydrogen-bond donors (Lipinski definition) is 0. The standard InChI is InChI=1S/C21H25ClN2O5/c1-4-28-21(27)23-11-9-15(10-12-23)24-19(25)17(18(22)20(24)26)14-5-7-16(8-6-14)29-13(2)3/h5-8,13,15H,4,9-12H2,1-3H3. The Kier molecular flexibility index (Phi) is 6.47. The minimum Gasteiger partial charge on any atom is -0.491 e. The molecule has 0 bridgehead atoms. The molecule has 0 saturated carbocycles. The molecule has 0 unspecified atom stereocenters. The summed E-state index contributed by atoms with van der Waals surface area (Å²) in [4.78, 5) is 40.4. The first kappa shape index (κ1) is 21.2. The zero-order valence-electron chi connectivity index (χ0n) is 16.8. The maximum Gasteiger partial charge on any atom is 0.409 e. The van der Waals surface area contributed by atoms with Crippen LogP contribution in [0.4, 0.5) is 4.79 Å². The van der Waals surface area contributed by atoms with Crippen molar-refractivity contribution >= 4 is 35.1 Å². The highest BCUT2D eigenvalue weighted by Crippen LogP contribution is 2.35. The van der Waals surface area contributed by atoms with Gasteiger partial charge in [0.2, 0.25) is 0 Å². The fraction of sp³-hybridized carbons (Fsp3) is 0.476. The summed E-state index contributed by atoms with van der Waals surface area (Å²) in [5.41, 5.74) is 0.788. The van der Waals surface area contributed by atoms with Crippen molar-refractivity contribution in [2.45, 2.75) is 45.8 Å². The minimum atomic E-state index is -0.483. The fourth-order valence-corrected chi connectivity index (χ4v) is 3.88. The first-order chi connectivity index (χ1) is 13.8. The average Bonchev–Trinajstić information content (AvgIpc) is 2.91. The molecule has 0 spiro atoms. The van der Waals surface area contributed by atoms with Crippen molar-refractivity contribution in [2.75, 3.05) is 19.7 Å². The largest absolute Gasteiger partial charge is 0.491 e. The Morgan fingerprint density at radius 1 is 1.14 bits per heavy atom. The summed E-state index contributed by atoms with van der Waals surface area (Å²) in [6.07, 6.45) is 0.656. The van der Waals surface area contributed by atoms with Gasteiger partial charge in [-0.2, -0.15) is 0 Å². The average molecular weight is 421 g/mol. The van der Waals surface area contributed by atoms with Crippen LogP contribution in [-0.4, -0.2) is 59.5 Å². The Hall–Kier alpha value is -2.54. The van der Waals surface area contributed by atoms with Gasteiger partial charge in [0, 0.05) is 19.1 Å². The summed E-state index contributed by atoms with van der Waals surface area (Å²) in [6.45, 7) is 6.77. The molecule has 0 radical (unpaired) electrons. The minimum absolute atomic E-state index is 0.0364. The van der Waals surface area contributed by atoms with Crippen LogP contribution >= 0.6 is 11.6 Å². The highest BCUT2D eigenvalue weighted by Gasteiger charge is 2.43. The Labute approximate surface area is 175 Å². The highest BCUT2D eigenvalue weighted by molar-refractivity contribution is 6.55. The molecule has 0 aromatic heterocycles. The molecule has 0 aliphatic carbocycles. The topological polar surface area (TPSA) is 76.2 Å². The number of ether oxygens (including phenoxy) is 2. The van der Waals surface area contributed by atoms with Crippen molar-refractivity contribution in [3.63, 3.8) is 0 Å². The van der Waals surface area contributed by atoms with E-state index in [0.29, 0.717) is 43.9 Å². The summed E-state index contributed by atoms with van der Waals surface area (Å²) >= 11 is 6.27. The van der Waals surface area contributed by atoms with Crippen LogP contribution in [0, 0.1) is 0 Å². The van der Waals surface area contributed by atoms with E-state index < -0.39 is 11.8 Å². The van der Waals surface area contributed by atoms with Crippen LogP contribution in [0.2, 0.25) is 0 Å². The third kappa shape index (κ3) is 4.40. The molecule has 1 saturated heterocycles. The van der Waals surface area contributed by atoms with Gasteiger partial charge < -0.3 is 14.4 Å². The second-order valence-electron chi connectivity index (χ2n) is 7.28. The smallest absolute Gasteiger partial charge is 0.409 e. The van der Waals surface area contributed by atoms with Gasteiger partial charge in [-0.25, -0.2) is 4.79 Å². The van der Waals surface area contributed by atoms with Gasteiger partial charge in [0.15, 0.2) is 0 Å². The van der Waals surface area contributed by atoms with Crippen LogP contribution in [-0.2, 0) is 14.3 Å². The molecule has 3 rings (SSSR count). The summed E-state index contributed by atoms with van der Waals surface area (Å²) in [5.74, 6) is -0.198. The monoisotopic (exact) mass is 420 g/mol. The van der Waals surface area contributed by atoms with E-state index in [9.17, 15) is 14.4 Å². The Morgan fingerprint density at radius 3 is 2.31 bits per heavy atom. The summed E-state index contributed by atoms with van der Waals surface area (Å²) in [5, 5.41) is -0.0691. The summed E-state index contributed by atoms with van der Waals surface area (Å²) in [7, 11) is 0. The lowest BCUT2D eigenvalue weighted by atomic mass is 10.0. The van der Waals surface area contributed by atoms with Crippen LogP contribution in [0.1, 0.15) is 39.2 Å². The van der Waals surface area contributed by atoms with E-state index in [2.05, 4.69) is 0 Å². The van der Waals surface area contributed by atoms with Crippen LogP contribution in [0.5, 0.6) is 5.75 Å². The second-order valence-corrected chi connectivity index (χ2v) is 7.66. The molecule has 2 aliphatic rings. The Balaban J connectivity index is 1.71. The predicted octanol–water partition coefficient (Wildman–Crippen LogP) is 3.41. The Bertz CT molecular complexity index is 826. The molecule has 156 valence electrons. The van der Waals surface area contributed by atoms with E-state index in [1.54, 1.807) is 36.1 Å². The number of likely N-dealkylation sites (tertiary alicyclic amines) is 1. The third-order valence-corrected chi connectivity index (χ3v) is 5.28. The number of halogens is 1. The van der Waals surface area contributed by atoms with Crippen molar-refractivity contribution in [1.29, 1.82) is 0 Å². The molecule has 0 atom stereocenters. The summed E-state index contributed by atoms with van der Waals surface area (Å²) in [6, 6.07) is 6.67. The fourth-order valence-electron chi connectivity index (χ4n) is 3.59. The van der Waals surface area contributed by atoms with Gasteiger partial charge in [-0.15, -0.1) is 0 Å². The number of carbonyl (C=O) groups is 3. The lowest BCUT2D eigenvalue weighted by Gasteiger charge is -2.35.